The van der Waals surface area contributed by atoms with Gasteiger partial charge < -0.3 is 15.4 Å². The van der Waals surface area contributed by atoms with Crippen LogP contribution in [0.2, 0.25) is 0 Å². The van der Waals surface area contributed by atoms with Crippen LogP contribution in [0.15, 0.2) is 42.5 Å². The smallest absolute Gasteiger partial charge is 0.325 e. The maximum absolute atomic E-state index is 13.1. The summed E-state index contributed by atoms with van der Waals surface area (Å²) in [6.07, 6.45) is 3.12. The van der Waals surface area contributed by atoms with Crippen LogP contribution in [0.5, 0.6) is 5.75 Å². The quantitative estimate of drug-likeness (QED) is 0.765. The number of rotatable bonds is 5. The molecule has 1 atom stereocenters. The molecule has 1 heterocycles. The lowest BCUT2D eigenvalue weighted by Crippen LogP contribution is -2.42. The first kappa shape index (κ1) is 19.0. The van der Waals surface area contributed by atoms with E-state index in [1.54, 1.807) is 31.2 Å². The third kappa shape index (κ3) is 3.33. The number of carbonyl (C=O) groups is 3. The van der Waals surface area contributed by atoms with Crippen LogP contribution in [0.1, 0.15) is 30.0 Å². The average Bonchev–Trinajstić information content (AvgIpc) is 3.27. The van der Waals surface area contributed by atoms with E-state index < -0.39 is 23.4 Å². The van der Waals surface area contributed by atoms with Crippen LogP contribution in [-0.4, -0.2) is 36.4 Å². The molecule has 2 N–H and O–H groups in total. The second-order valence-corrected chi connectivity index (χ2v) is 7.53. The van der Waals surface area contributed by atoms with Gasteiger partial charge in [-0.1, -0.05) is 30.3 Å². The van der Waals surface area contributed by atoms with Crippen molar-refractivity contribution in [2.45, 2.75) is 31.7 Å². The highest BCUT2D eigenvalue weighted by molar-refractivity contribution is 6.10. The minimum absolute atomic E-state index is 0.372. The molecule has 4 rings (SSSR count). The summed E-state index contributed by atoms with van der Waals surface area (Å²) in [4.78, 5) is 39.0. The van der Waals surface area contributed by atoms with Gasteiger partial charge in [0.1, 0.15) is 17.8 Å². The second-order valence-electron chi connectivity index (χ2n) is 7.53. The zero-order chi connectivity index (χ0) is 20.6. The highest BCUT2D eigenvalue weighted by atomic mass is 16.5. The van der Waals surface area contributed by atoms with Crippen molar-refractivity contribution < 1.29 is 19.1 Å². The minimum Gasteiger partial charge on any atom is -0.495 e. The molecule has 2 aromatic carbocycles. The van der Waals surface area contributed by atoms with E-state index in [-0.39, 0.29) is 6.54 Å². The fraction of sp³-hybridized carbons (Fsp3) is 0.318. The molecule has 150 valence electrons. The maximum atomic E-state index is 13.1. The number of imide groups is 1. The van der Waals surface area contributed by atoms with E-state index >= 15 is 0 Å². The van der Waals surface area contributed by atoms with Gasteiger partial charge in [0.05, 0.1) is 12.8 Å². The van der Waals surface area contributed by atoms with Gasteiger partial charge >= 0.3 is 6.03 Å². The Morgan fingerprint density at radius 3 is 2.72 bits per heavy atom. The lowest BCUT2D eigenvalue weighted by Gasteiger charge is -2.23. The van der Waals surface area contributed by atoms with Gasteiger partial charge in [-0.3, -0.25) is 14.5 Å². The standard InChI is InChI=1S/C22H23N3O4/c1-22(16-11-10-14-6-5-7-15(14)12-16)20(27)25(21(28)24-22)13-19(26)23-17-8-3-4-9-18(17)29-2/h3-4,8-12H,5-7,13H2,1-2H3,(H,23,26)(H,24,28)/t22-/m1/s1. The van der Waals surface area contributed by atoms with E-state index in [2.05, 4.69) is 10.6 Å². The van der Waals surface area contributed by atoms with Crippen LogP contribution in [0.4, 0.5) is 10.5 Å². The molecule has 0 bridgehead atoms. The highest BCUT2D eigenvalue weighted by Crippen LogP contribution is 2.32. The summed E-state index contributed by atoms with van der Waals surface area (Å²) in [5.41, 5.74) is 2.55. The fourth-order valence-electron chi connectivity index (χ4n) is 4.00. The Morgan fingerprint density at radius 2 is 1.93 bits per heavy atom. The fourth-order valence-corrected chi connectivity index (χ4v) is 4.00. The lowest BCUT2D eigenvalue weighted by atomic mass is 9.89. The SMILES string of the molecule is COc1ccccc1NC(=O)CN1C(=O)N[C@](C)(c2ccc3c(c2)CCC3)C1=O. The summed E-state index contributed by atoms with van der Waals surface area (Å²) >= 11 is 0. The summed E-state index contributed by atoms with van der Waals surface area (Å²) in [5.74, 6) is -0.409. The summed E-state index contributed by atoms with van der Waals surface area (Å²) < 4.78 is 5.21. The number of carbonyl (C=O) groups excluding carboxylic acids is 3. The third-order valence-corrected chi connectivity index (χ3v) is 5.63. The van der Waals surface area contributed by atoms with Crippen LogP contribution >= 0.6 is 0 Å². The van der Waals surface area contributed by atoms with Crippen molar-refractivity contribution in [3.05, 3.63) is 59.2 Å². The molecule has 4 amide bonds. The van der Waals surface area contributed by atoms with Gasteiger partial charge in [0.15, 0.2) is 0 Å². The molecular weight excluding hydrogens is 370 g/mol. The molecule has 0 unspecified atom stereocenters. The van der Waals surface area contributed by atoms with Gasteiger partial charge in [0.2, 0.25) is 5.91 Å². The predicted octanol–water partition coefficient (Wildman–Crippen LogP) is 2.59. The molecule has 1 aliphatic heterocycles. The van der Waals surface area contributed by atoms with Crippen molar-refractivity contribution in [3.63, 3.8) is 0 Å². The molecular formula is C22H23N3O4. The molecule has 7 heteroatoms. The number of nitrogens with one attached hydrogen (secondary N) is 2. The largest absolute Gasteiger partial charge is 0.495 e. The average molecular weight is 393 g/mol. The molecule has 0 radical (unpaired) electrons. The van der Waals surface area contributed by atoms with Gasteiger partial charge in [0.25, 0.3) is 5.91 Å². The van der Waals surface area contributed by atoms with E-state index in [0.29, 0.717) is 11.4 Å². The van der Waals surface area contributed by atoms with E-state index in [1.807, 2.05) is 18.2 Å². The Hall–Kier alpha value is -3.35. The number of fused-ring (bicyclic) bond motifs is 1. The predicted molar refractivity (Wildman–Crippen MR) is 108 cm³/mol. The van der Waals surface area contributed by atoms with Gasteiger partial charge in [-0.05, 0) is 55.0 Å². The number of urea groups is 1. The Balaban J connectivity index is 1.51. The highest BCUT2D eigenvalue weighted by Gasteiger charge is 2.49. The van der Waals surface area contributed by atoms with Gasteiger partial charge in [-0.2, -0.15) is 0 Å². The van der Waals surface area contributed by atoms with Crippen LogP contribution in [0.25, 0.3) is 0 Å². The number of ether oxygens (including phenoxy) is 1. The van der Waals surface area contributed by atoms with Gasteiger partial charge in [-0.25, -0.2) is 4.79 Å². The molecule has 0 spiro atoms. The number of hydrogen-bond donors (Lipinski definition) is 2. The van der Waals surface area contributed by atoms with E-state index in [0.717, 1.165) is 29.7 Å². The van der Waals surface area contributed by atoms with Crippen LogP contribution < -0.4 is 15.4 Å². The second kappa shape index (κ2) is 7.24. The monoisotopic (exact) mass is 393 g/mol. The Labute approximate surface area is 169 Å². The number of anilines is 1. The summed E-state index contributed by atoms with van der Waals surface area (Å²) in [6, 6.07) is 12.3. The Morgan fingerprint density at radius 1 is 1.17 bits per heavy atom. The van der Waals surface area contributed by atoms with Crippen molar-refractivity contribution in [3.8, 4) is 5.75 Å². The zero-order valence-corrected chi connectivity index (χ0v) is 16.5. The molecule has 1 saturated heterocycles. The number of amides is 4. The van der Waals surface area contributed by atoms with E-state index in [4.69, 9.17) is 4.74 Å². The molecule has 29 heavy (non-hydrogen) atoms. The van der Waals surface area contributed by atoms with Crippen molar-refractivity contribution in [2.24, 2.45) is 0 Å². The summed E-state index contributed by atoms with van der Waals surface area (Å²) in [6.45, 7) is 1.31. The minimum atomic E-state index is -1.18. The van der Waals surface area contributed by atoms with Crippen molar-refractivity contribution in [1.82, 2.24) is 10.2 Å². The lowest BCUT2D eigenvalue weighted by molar-refractivity contribution is -0.133. The van der Waals surface area contributed by atoms with Crippen LogP contribution in [0, 0.1) is 0 Å². The van der Waals surface area contributed by atoms with E-state index in [1.165, 1.54) is 18.2 Å². The number of aryl methyl sites for hydroxylation is 2. The first-order chi connectivity index (χ1) is 13.9. The Bertz CT molecular complexity index is 1000. The molecule has 7 nitrogen and oxygen atoms in total. The number of para-hydroxylation sites is 2. The molecule has 0 saturated carbocycles. The van der Waals surface area contributed by atoms with Gasteiger partial charge in [-0.15, -0.1) is 0 Å². The number of methoxy groups -OCH3 is 1. The molecule has 1 fully saturated rings. The maximum Gasteiger partial charge on any atom is 0.325 e. The number of nitrogens with zero attached hydrogens (tertiary/aromatic N) is 1. The normalized spacial score (nSPS) is 20.4. The van der Waals surface area contributed by atoms with Crippen molar-refractivity contribution in [2.75, 3.05) is 19.0 Å². The van der Waals surface area contributed by atoms with Crippen molar-refractivity contribution in [1.29, 1.82) is 0 Å². The molecule has 0 aromatic heterocycles. The summed E-state index contributed by atoms with van der Waals surface area (Å²) in [5, 5.41) is 5.45. The van der Waals surface area contributed by atoms with Crippen LogP contribution in [0.3, 0.4) is 0 Å². The first-order valence-corrected chi connectivity index (χ1v) is 9.61. The zero-order valence-electron chi connectivity index (χ0n) is 16.5. The number of hydrogen-bond acceptors (Lipinski definition) is 4. The van der Waals surface area contributed by atoms with Gasteiger partial charge in [0, 0.05) is 0 Å². The Kier molecular flexibility index (Phi) is 4.74. The van der Waals surface area contributed by atoms with Crippen molar-refractivity contribution >= 4 is 23.5 Å². The van der Waals surface area contributed by atoms with Crippen LogP contribution in [-0.2, 0) is 28.0 Å². The third-order valence-electron chi connectivity index (χ3n) is 5.63. The first-order valence-electron chi connectivity index (χ1n) is 9.61. The molecule has 1 aliphatic carbocycles. The summed E-state index contributed by atoms with van der Waals surface area (Å²) in [7, 11) is 1.50. The number of benzene rings is 2. The molecule has 2 aliphatic rings. The van der Waals surface area contributed by atoms with E-state index in [9.17, 15) is 14.4 Å². The molecule has 2 aromatic rings. The topological polar surface area (TPSA) is 87.7 Å².